The zero-order valence-corrected chi connectivity index (χ0v) is 7.94. The Morgan fingerprint density at radius 3 is 2.64 bits per heavy atom. The predicted molar refractivity (Wildman–Crippen MR) is 44.9 cm³/mol. The van der Waals surface area contributed by atoms with Crippen LogP contribution in [-0.2, 0) is 0 Å². The van der Waals surface area contributed by atoms with Crippen LogP contribution in [0.4, 0.5) is 17.6 Å². The first kappa shape index (κ1) is 11.7. The van der Waals surface area contributed by atoms with Crippen molar-refractivity contribution < 1.29 is 17.6 Å². The summed E-state index contributed by atoms with van der Waals surface area (Å²) < 4.78 is 49.0. The summed E-state index contributed by atoms with van der Waals surface area (Å²) in [4.78, 5) is 1.37. The van der Waals surface area contributed by atoms with Gasteiger partial charge in [-0.3, -0.25) is 4.90 Å². The highest BCUT2D eigenvalue weighted by Crippen LogP contribution is 2.24. The maximum absolute atomic E-state index is 12.6. The third kappa shape index (κ3) is 3.09. The summed E-state index contributed by atoms with van der Waals surface area (Å²) in [5.74, 6) is -3.89. The largest absolute Gasteiger partial charge is 0.319 e. The lowest BCUT2D eigenvalue weighted by atomic mass is 10.2. The molecule has 84 valence electrons. The van der Waals surface area contributed by atoms with Gasteiger partial charge in [-0.05, 0) is 6.92 Å². The highest BCUT2D eigenvalue weighted by molar-refractivity contribution is 4.81. The van der Waals surface area contributed by atoms with Crippen LogP contribution in [0.5, 0.6) is 0 Å². The number of alkyl halides is 4. The van der Waals surface area contributed by atoms with Crippen molar-refractivity contribution in [2.75, 3.05) is 26.2 Å². The van der Waals surface area contributed by atoms with Gasteiger partial charge in [0.1, 0.15) is 0 Å². The molecule has 6 heteroatoms. The summed E-state index contributed by atoms with van der Waals surface area (Å²) in [7, 11) is 0. The third-order valence-corrected chi connectivity index (χ3v) is 2.21. The maximum Gasteiger partial charge on any atom is 0.319 e. The molecule has 0 aromatic rings. The topological polar surface area (TPSA) is 15.3 Å². The van der Waals surface area contributed by atoms with Gasteiger partial charge in [-0.2, -0.15) is 8.78 Å². The molecule has 1 fully saturated rings. The van der Waals surface area contributed by atoms with Crippen molar-refractivity contribution in [3.8, 4) is 0 Å². The molecule has 1 aliphatic rings. The molecule has 1 N–H and O–H groups in total. The van der Waals surface area contributed by atoms with Crippen LogP contribution in [-0.4, -0.2) is 49.5 Å². The van der Waals surface area contributed by atoms with Crippen molar-refractivity contribution in [1.82, 2.24) is 10.2 Å². The normalized spacial score (nSPS) is 25.7. The first-order valence-corrected chi connectivity index (χ1v) is 4.53. The molecule has 2 nitrogen and oxygen atoms in total. The Labute approximate surface area is 80.3 Å². The van der Waals surface area contributed by atoms with Crippen LogP contribution in [0.1, 0.15) is 6.92 Å². The molecule has 0 aromatic carbocycles. The molecule has 0 bridgehead atoms. The first-order chi connectivity index (χ1) is 6.42. The summed E-state index contributed by atoms with van der Waals surface area (Å²) in [6.45, 7) is 2.35. The fourth-order valence-corrected chi connectivity index (χ4v) is 1.52. The van der Waals surface area contributed by atoms with Crippen LogP contribution in [0, 0.1) is 0 Å². The van der Waals surface area contributed by atoms with Crippen molar-refractivity contribution in [2.45, 2.75) is 25.3 Å². The number of piperazine rings is 1. The van der Waals surface area contributed by atoms with Gasteiger partial charge in [0.25, 0.3) is 0 Å². The standard InChI is InChI=1S/C8H14F4N2/c1-6-4-14(3-2-13-6)5-8(11,12)7(9)10/h6-7,13H,2-5H2,1H3. The summed E-state index contributed by atoms with van der Waals surface area (Å²) >= 11 is 0. The lowest BCUT2D eigenvalue weighted by Gasteiger charge is -2.33. The van der Waals surface area contributed by atoms with E-state index in [1.54, 1.807) is 0 Å². The van der Waals surface area contributed by atoms with Crippen LogP contribution in [0.25, 0.3) is 0 Å². The van der Waals surface area contributed by atoms with Gasteiger partial charge in [0.15, 0.2) is 0 Å². The molecule has 1 unspecified atom stereocenters. The fraction of sp³-hybridized carbons (Fsp3) is 1.00. The van der Waals surface area contributed by atoms with Crippen molar-refractivity contribution in [3.63, 3.8) is 0 Å². The van der Waals surface area contributed by atoms with Crippen molar-refractivity contribution in [3.05, 3.63) is 0 Å². The molecule has 1 saturated heterocycles. The van der Waals surface area contributed by atoms with E-state index in [-0.39, 0.29) is 6.04 Å². The van der Waals surface area contributed by atoms with E-state index in [4.69, 9.17) is 0 Å². The number of nitrogens with one attached hydrogen (secondary N) is 1. The van der Waals surface area contributed by atoms with Crippen LogP contribution < -0.4 is 5.32 Å². The Morgan fingerprint density at radius 1 is 1.50 bits per heavy atom. The molecule has 1 heterocycles. The molecule has 0 amide bonds. The van der Waals surface area contributed by atoms with Crippen LogP contribution in [0.2, 0.25) is 0 Å². The lowest BCUT2D eigenvalue weighted by Crippen LogP contribution is -2.53. The molecular weight excluding hydrogens is 200 g/mol. The van der Waals surface area contributed by atoms with Gasteiger partial charge in [-0.1, -0.05) is 0 Å². The summed E-state index contributed by atoms with van der Waals surface area (Å²) in [5, 5.41) is 3.05. The number of rotatable bonds is 3. The monoisotopic (exact) mass is 214 g/mol. The van der Waals surface area contributed by atoms with E-state index in [0.29, 0.717) is 19.6 Å². The minimum Gasteiger partial charge on any atom is -0.312 e. The van der Waals surface area contributed by atoms with Crippen molar-refractivity contribution in [2.24, 2.45) is 0 Å². The van der Waals surface area contributed by atoms with Gasteiger partial charge in [0, 0.05) is 25.7 Å². The Balaban J connectivity index is 2.43. The zero-order chi connectivity index (χ0) is 10.8. The minimum atomic E-state index is -3.89. The second-order valence-electron chi connectivity index (χ2n) is 3.65. The van der Waals surface area contributed by atoms with E-state index >= 15 is 0 Å². The molecule has 0 aliphatic carbocycles. The van der Waals surface area contributed by atoms with Crippen LogP contribution in [0.3, 0.4) is 0 Å². The van der Waals surface area contributed by atoms with Crippen LogP contribution >= 0.6 is 0 Å². The third-order valence-electron chi connectivity index (χ3n) is 2.21. The number of hydrogen-bond acceptors (Lipinski definition) is 2. The molecule has 0 radical (unpaired) electrons. The Morgan fingerprint density at radius 2 is 2.14 bits per heavy atom. The molecule has 0 saturated carbocycles. The fourth-order valence-electron chi connectivity index (χ4n) is 1.52. The van der Waals surface area contributed by atoms with Gasteiger partial charge in [0.05, 0.1) is 6.54 Å². The van der Waals surface area contributed by atoms with E-state index < -0.39 is 18.9 Å². The van der Waals surface area contributed by atoms with E-state index in [1.165, 1.54) is 4.90 Å². The molecule has 0 spiro atoms. The van der Waals surface area contributed by atoms with Crippen LogP contribution in [0.15, 0.2) is 0 Å². The second-order valence-corrected chi connectivity index (χ2v) is 3.65. The molecule has 1 aliphatic heterocycles. The number of nitrogens with zero attached hydrogens (tertiary/aromatic N) is 1. The van der Waals surface area contributed by atoms with E-state index in [9.17, 15) is 17.6 Å². The molecule has 0 aromatic heterocycles. The predicted octanol–water partition coefficient (Wildman–Crippen LogP) is 1.18. The van der Waals surface area contributed by atoms with E-state index in [0.717, 1.165) is 0 Å². The SMILES string of the molecule is CC1CN(CC(F)(F)C(F)F)CCN1. The Bertz CT molecular complexity index is 186. The van der Waals surface area contributed by atoms with E-state index in [2.05, 4.69) is 5.32 Å². The summed E-state index contributed by atoms with van der Waals surface area (Å²) in [6, 6.07) is 0.0808. The zero-order valence-electron chi connectivity index (χ0n) is 7.94. The molecule has 1 rings (SSSR count). The number of halogens is 4. The average molecular weight is 214 g/mol. The van der Waals surface area contributed by atoms with Crippen molar-refractivity contribution >= 4 is 0 Å². The van der Waals surface area contributed by atoms with Gasteiger partial charge in [-0.25, -0.2) is 8.78 Å². The van der Waals surface area contributed by atoms with E-state index in [1.807, 2.05) is 6.92 Å². The van der Waals surface area contributed by atoms with Crippen molar-refractivity contribution in [1.29, 1.82) is 0 Å². The van der Waals surface area contributed by atoms with Gasteiger partial charge in [0.2, 0.25) is 0 Å². The Hall–Kier alpha value is -0.360. The first-order valence-electron chi connectivity index (χ1n) is 4.53. The van der Waals surface area contributed by atoms with Gasteiger partial charge >= 0.3 is 12.3 Å². The average Bonchev–Trinajstić information content (AvgIpc) is 2.02. The smallest absolute Gasteiger partial charge is 0.312 e. The number of hydrogen-bond donors (Lipinski definition) is 1. The summed E-state index contributed by atoms with van der Waals surface area (Å²) in [6.07, 6.45) is -3.58. The molecular formula is C8H14F4N2. The highest BCUT2D eigenvalue weighted by Gasteiger charge is 2.42. The minimum absolute atomic E-state index is 0.0808. The quantitative estimate of drug-likeness (QED) is 0.710. The molecule has 1 atom stereocenters. The Kier molecular flexibility index (Phi) is 3.71. The highest BCUT2D eigenvalue weighted by atomic mass is 19.3. The molecule has 14 heavy (non-hydrogen) atoms. The summed E-state index contributed by atoms with van der Waals surface area (Å²) in [5.41, 5.74) is 0. The van der Waals surface area contributed by atoms with Gasteiger partial charge < -0.3 is 5.32 Å². The maximum atomic E-state index is 12.6. The van der Waals surface area contributed by atoms with Gasteiger partial charge in [-0.15, -0.1) is 0 Å². The lowest BCUT2D eigenvalue weighted by molar-refractivity contribution is -0.143. The second kappa shape index (κ2) is 4.44.